The Hall–Kier alpha value is -4.53. The van der Waals surface area contributed by atoms with Gasteiger partial charge in [-0.2, -0.15) is 0 Å². The van der Waals surface area contributed by atoms with E-state index < -0.39 is 0 Å². The van der Waals surface area contributed by atoms with Gasteiger partial charge in [0.15, 0.2) is 5.58 Å². The Balaban J connectivity index is 1.19. The van der Waals surface area contributed by atoms with Crippen LogP contribution in [0.2, 0.25) is 0 Å². The number of fused-ring (bicyclic) bond motifs is 2. The van der Waals surface area contributed by atoms with Gasteiger partial charge in [-0.15, -0.1) is 0 Å². The highest BCUT2D eigenvalue weighted by Crippen LogP contribution is 2.25. The van der Waals surface area contributed by atoms with E-state index in [0.29, 0.717) is 65.6 Å². The Morgan fingerprint density at radius 2 is 1.71 bits per heavy atom. The van der Waals surface area contributed by atoms with Gasteiger partial charge in [-0.05, 0) is 42.5 Å². The minimum Gasteiger partial charge on any atom is -0.436 e. The standard InChI is InChI=1S/C25H20N6O3/c32-22-18-3-1-2-4-19(18)28-25(29-22)31-13-11-30(12-14-31)24(33)17-5-6-20-21(15-17)34-23(27-20)16-7-9-26-10-8-16/h1-10,15H,11-14H2,(H,28,29,32). The molecule has 0 radical (unpaired) electrons. The van der Waals surface area contributed by atoms with Crippen LogP contribution in [0.5, 0.6) is 0 Å². The first-order chi connectivity index (χ1) is 16.7. The average molecular weight is 452 g/mol. The third-order valence-corrected chi connectivity index (χ3v) is 6.03. The number of H-pyrrole nitrogens is 1. The highest BCUT2D eigenvalue weighted by atomic mass is 16.3. The Morgan fingerprint density at radius 1 is 0.912 bits per heavy atom. The fourth-order valence-corrected chi connectivity index (χ4v) is 4.20. The fourth-order valence-electron chi connectivity index (χ4n) is 4.20. The smallest absolute Gasteiger partial charge is 0.260 e. The van der Waals surface area contributed by atoms with Crippen LogP contribution < -0.4 is 10.5 Å². The number of hydrogen-bond donors (Lipinski definition) is 1. The highest BCUT2D eigenvalue weighted by Gasteiger charge is 2.24. The molecule has 1 aliphatic rings. The molecule has 0 unspecified atom stereocenters. The number of hydrogen-bond acceptors (Lipinski definition) is 7. The molecular weight excluding hydrogens is 432 g/mol. The molecule has 34 heavy (non-hydrogen) atoms. The van der Waals surface area contributed by atoms with Crippen molar-refractivity contribution in [2.24, 2.45) is 0 Å². The molecule has 0 saturated carbocycles. The largest absolute Gasteiger partial charge is 0.436 e. The molecule has 1 saturated heterocycles. The summed E-state index contributed by atoms with van der Waals surface area (Å²) in [6, 6.07) is 16.2. The van der Waals surface area contributed by atoms with Gasteiger partial charge in [0.2, 0.25) is 11.8 Å². The lowest BCUT2D eigenvalue weighted by Gasteiger charge is -2.35. The van der Waals surface area contributed by atoms with Gasteiger partial charge in [0.05, 0.1) is 10.9 Å². The summed E-state index contributed by atoms with van der Waals surface area (Å²) in [6.45, 7) is 2.19. The van der Waals surface area contributed by atoms with Gasteiger partial charge in [-0.1, -0.05) is 12.1 Å². The monoisotopic (exact) mass is 452 g/mol. The highest BCUT2D eigenvalue weighted by molar-refractivity contribution is 5.97. The average Bonchev–Trinajstić information content (AvgIpc) is 3.32. The third-order valence-electron chi connectivity index (χ3n) is 6.03. The molecule has 2 aromatic carbocycles. The Kier molecular flexibility index (Phi) is 4.80. The summed E-state index contributed by atoms with van der Waals surface area (Å²) in [5.41, 5.74) is 3.14. The number of nitrogens with zero attached hydrogens (tertiary/aromatic N) is 5. The quantitative estimate of drug-likeness (QED) is 0.448. The second-order valence-electron chi connectivity index (χ2n) is 8.12. The molecule has 9 heteroatoms. The maximum Gasteiger partial charge on any atom is 0.260 e. The number of benzene rings is 2. The summed E-state index contributed by atoms with van der Waals surface area (Å²) in [5, 5.41) is 0.565. The first-order valence-electron chi connectivity index (χ1n) is 11.0. The maximum absolute atomic E-state index is 13.2. The number of carbonyl (C=O) groups is 1. The van der Waals surface area contributed by atoms with Crippen LogP contribution in [0.15, 0.2) is 76.2 Å². The molecule has 1 fully saturated rings. The summed E-state index contributed by atoms with van der Waals surface area (Å²) in [7, 11) is 0. The van der Waals surface area contributed by atoms with Crippen molar-refractivity contribution in [3.63, 3.8) is 0 Å². The number of nitrogens with one attached hydrogen (secondary N) is 1. The van der Waals surface area contributed by atoms with Crippen LogP contribution in [0.25, 0.3) is 33.5 Å². The number of aromatic nitrogens is 4. The van der Waals surface area contributed by atoms with E-state index in [2.05, 4.69) is 19.9 Å². The van der Waals surface area contributed by atoms with Crippen LogP contribution >= 0.6 is 0 Å². The Morgan fingerprint density at radius 3 is 2.53 bits per heavy atom. The third kappa shape index (κ3) is 3.57. The first-order valence-corrected chi connectivity index (χ1v) is 11.0. The van der Waals surface area contributed by atoms with E-state index in [1.165, 1.54) is 0 Å². The lowest BCUT2D eigenvalue weighted by Crippen LogP contribution is -2.49. The van der Waals surface area contributed by atoms with Crippen molar-refractivity contribution in [1.82, 2.24) is 24.8 Å². The van der Waals surface area contributed by atoms with Crippen LogP contribution in [0.4, 0.5) is 5.95 Å². The number of pyridine rings is 1. The molecule has 1 N–H and O–H groups in total. The predicted octanol–water partition coefficient (Wildman–Crippen LogP) is 3.09. The normalized spacial score (nSPS) is 14.1. The number of para-hydroxylation sites is 1. The number of aromatic amines is 1. The van der Waals surface area contributed by atoms with Crippen LogP contribution in [0.1, 0.15) is 10.4 Å². The van der Waals surface area contributed by atoms with Gasteiger partial charge in [0, 0.05) is 49.7 Å². The minimum absolute atomic E-state index is 0.0663. The molecule has 4 heterocycles. The fraction of sp³-hybridized carbons (Fsp3) is 0.160. The van der Waals surface area contributed by atoms with Crippen LogP contribution in [-0.4, -0.2) is 56.9 Å². The van der Waals surface area contributed by atoms with Gasteiger partial charge in [0.25, 0.3) is 11.5 Å². The minimum atomic E-state index is -0.161. The first kappa shape index (κ1) is 20.1. The molecule has 0 spiro atoms. The van der Waals surface area contributed by atoms with Crippen molar-refractivity contribution >= 4 is 33.9 Å². The van der Waals surface area contributed by atoms with E-state index in [-0.39, 0.29) is 11.5 Å². The second-order valence-corrected chi connectivity index (χ2v) is 8.12. The molecule has 6 rings (SSSR count). The summed E-state index contributed by atoms with van der Waals surface area (Å²) in [6.07, 6.45) is 3.36. The number of carbonyl (C=O) groups excluding carboxylic acids is 1. The summed E-state index contributed by atoms with van der Waals surface area (Å²) < 4.78 is 5.89. The molecule has 0 aliphatic carbocycles. The molecule has 1 aliphatic heterocycles. The zero-order valence-electron chi connectivity index (χ0n) is 18.1. The molecular formula is C25H20N6O3. The van der Waals surface area contributed by atoms with Crippen molar-refractivity contribution in [2.75, 3.05) is 31.1 Å². The van der Waals surface area contributed by atoms with E-state index >= 15 is 0 Å². The number of anilines is 1. The van der Waals surface area contributed by atoms with Crippen molar-refractivity contribution in [3.05, 3.63) is 82.9 Å². The number of rotatable bonds is 3. The molecule has 1 amide bonds. The topological polar surface area (TPSA) is 108 Å². The SMILES string of the molecule is O=C(c1ccc2nc(-c3ccncc3)oc2c1)N1CCN(c2nc3ccccc3c(=O)[nH]2)CC1. The molecule has 3 aromatic heterocycles. The van der Waals surface area contributed by atoms with Crippen molar-refractivity contribution in [3.8, 4) is 11.5 Å². The van der Waals surface area contributed by atoms with Gasteiger partial charge >= 0.3 is 0 Å². The molecule has 0 bridgehead atoms. The van der Waals surface area contributed by atoms with E-state index in [9.17, 15) is 9.59 Å². The number of oxazole rings is 1. The van der Waals surface area contributed by atoms with E-state index in [4.69, 9.17) is 4.42 Å². The van der Waals surface area contributed by atoms with Crippen molar-refractivity contribution in [2.45, 2.75) is 0 Å². The number of amides is 1. The van der Waals surface area contributed by atoms with Gasteiger partial charge in [0.1, 0.15) is 5.52 Å². The van der Waals surface area contributed by atoms with Crippen LogP contribution in [0.3, 0.4) is 0 Å². The van der Waals surface area contributed by atoms with Crippen LogP contribution in [0, 0.1) is 0 Å². The van der Waals surface area contributed by atoms with Gasteiger partial charge in [-0.3, -0.25) is 19.6 Å². The van der Waals surface area contributed by atoms with Gasteiger partial charge < -0.3 is 14.2 Å². The maximum atomic E-state index is 13.2. The van der Waals surface area contributed by atoms with E-state index in [0.717, 1.165) is 5.56 Å². The predicted molar refractivity (Wildman–Crippen MR) is 128 cm³/mol. The molecule has 0 atom stereocenters. The van der Waals surface area contributed by atoms with Crippen LogP contribution in [-0.2, 0) is 0 Å². The molecule has 9 nitrogen and oxygen atoms in total. The zero-order chi connectivity index (χ0) is 23.1. The van der Waals surface area contributed by atoms with Crippen molar-refractivity contribution in [1.29, 1.82) is 0 Å². The Bertz CT molecular complexity index is 1570. The van der Waals surface area contributed by atoms with E-state index in [1.54, 1.807) is 41.6 Å². The lowest BCUT2D eigenvalue weighted by molar-refractivity contribution is 0.0746. The molecule has 5 aromatic rings. The summed E-state index contributed by atoms with van der Waals surface area (Å²) in [4.78, 5) is 45.3. The summed E-state index contributed by atoms with van der Waals surface area (Å²) in [5.74, 6) is 0.957. The lowest BCUT2D eigenvalue weighted by atomic mass is 10.1. The summed E-state index contributed by atoms with van der Waals surface area (Å²) >= 11 is 0. The second kappa shape index (κ2) is 8.11. The Labute approximate surface area is 193 Å². The van der Waals surface area contributed by atoms with Crippen molar-refractivity contribution < 1.29 is 9.21 Å². The zero-order valence-corrected chi connectivity index (χ0v) is 18.1. The molecule has 168 valence electrons. The number of piperazine rings is 1. The van der Waals surface area contributed by atoms with Gasteiger partial charge in [-0.25, -0.2) is 9.97 Å². The van der Waals surface area contributed by atoms with E-state index in [1.807, 2.05) is 35.2 Å².